The number of hydrogen-bond acceptors (Lipinski definition) is 4. The first-order chi connectivity index (χ1) is 12.4. The molecule has 0 bridgehead atoms. The lowest BCUT2D eigenvalue weighted by molar-refractivity contribution is 0.402. The first kappa shape index (κ1) is 18.6. The van der Waals surface area contributed by atoms with Gasteiger partial charge in [-0.25, -0.2) is 13.1 Å². The van der Waals surface area contributed by atoms with E-state index in [1.165, 1.54) is 19.2 Å². The number of benzene rings is 2. The first-order valence-electron chi connectivity index (χ1n) is 7.92. The van der Waals surface area contributed by atoms with Crippen LogP contribution in [-0.2, 0) is 16.4 Å². The molecular weight excluding hydrogens is 376 g/mol. The monoisotopic (exact) mass is 394 g/mol. The molecule has 0 aliphatic rings. The molecule has 8 heteroatoms. The summed E-state index contributed by atoms with van der Waals surface area (Å²) < 4.78 is 38.1. The van der Waals surface area contributed by atoms with Crippen LogP contribution in [0.25, 0.3) is 10.9 Å². The standard InChI is InChI=1S/C18H19ClN2O4S/c1-24-14-4-5-16-15(10-14)12(11-20-16)7-8-21-26(22,23)18-9-13(19)3-6-17(18)25-2/h3-6,9-11,20-21H,7-8H2,1-2H3. The minimum atomic E-state index is -3.74. The average Bonchev–Trinajstić information content (AvgIpc) is 3.03. The van der Waals surface area contributed by atoms with Crippen molar-refractivity contribution in [2.45, 2.75) is 11.3 Å². The van der Waals surface area contributed by atoms with E-state index >= 15 is 0 Å². The highest BCUT2D eigenvalue weighted by atomic mass is 35.5. The van der Waals surface area contributed by atoms with Crippen LogP contribution < -0.4 is 14.2 Å². The molecule has 0 saturated carbocycles. The number of aromatic nitrogens is 1. The smallest absolute Gasteiger partial charge is 0.244 e. The van der Waals surface area contributed by atoms with E-state index in [0.29, 0.717) is 11.4 Å². The highest BCUT2D eigenvalue weighted by Gasteiger charge is 2.19. The molecule has 6 nitrogen and oxygen atoms in total. The van der Waals surface area contributed by atoms with Crippen molar-refractivity contribution in [2.75, 3.05) is 20.8 Å². The summed E-state index contributed by atoms with van der Waals surface area (Å²) in [6.07, 6.45) is 2.40. The average molecular weight is 395 g/mol. The highest BCUT2D eigenvalue weighted by molar-refractivity contribution is 7.89. The predicted octanol–water partition coefficient (Wildman–Crippen LogP) is 3.36. The molecule has 0 fully saturated rings. The van der Waals surface area contributed by atoms with E-state index in [2.05, 4.69) is 9.71 Å². The Bertz CT molecular complexity index is 1030. The molecule has 0 spiro atoms. The van der Waals surface area contributed by atoms with Gasteiger partial charge in [0.1, 0.15) is 16.4 Å². The number of fused-ring (bicyclic) bond motifs is 1. The van der Waals surface area contributed by atoms with E-state index in [4.69, 9.17) is 21.1 Å². The van der Waals surface area contributed by atoms with Crippen LogP contribution in [0.15, 0.2) is 47.5 Å². The molecule has 2 aromatic carbocycles. The van der Waals surface area contributed by atoms with Crippen molar-refractivity contribution in [1.82, 2.24) is 9.71 Å². The van der Waals surface area contributed by atoms with Crippen molar-refractivity contribution in [2.24, 2.45) is 0 Å². The lowest BCUT2D eigenvalue weighted by Gasteiger charge is -2.11. The summed E-state index contributed by atoms with van der Waals surface area (Å²) in [6.45, 7) is 0.238. The molecule has 0 atom stereocenters. The summed E-state index contributed by atoms with van der Waals surface area (Å²) in [6, 6.07) is 10.2. The Morgan fingerprint density at radius 3 is 2.65 bits per heavy atom. The number of aromatic amines is 1. The van der Waals surface area contributed by atoms with Gasteiger partial charge in [0.05, 0.1) is 14.2 Å². The number of H-pyrrole nitrogens is 1. The molecule has 1 heterocycles. The highest BCUT2D eigenvalue weighted by Crippen LogP contribution is 2.27. The van der Waals surface area contributed by atoms with Gasteiger partial charge in [-0.05, 0) is 48.4 Å². The largest absolute Gasteiger partial charge is 0.497 e. The van der Waals surface area contributed by atoms with Crippen molar-refractivity contribution in [3.63, 3.8) is 0 Å². The summed E-state index contributed by atoms with van der Waals surface area (Å²) in [7, 11) is -0.710. The summed E-state index contributed by atoms with van der Waals surface area (Å²) in [5.41, 5.74) is 1.97. The van der Waals surface area contributed by atoms with Gasteiger partial charge in [-0.1, -0.05) is 11.6 Å². The minimum Gasteiger partial charge on any atom is -0.497 e. The SMILES string of the molecule is COc1ccc2[nH]cc(CCNS(=O)(=O)c3cc(Cl)ccc3OC)c2c1. The zero-order valence-electron chi connectivity index (χ0n) is 14.4. The fourth-order valence-corrected chi connectivity index (χ4v) is 4.21. The Labute approximate surface area is 157 Å². The Kier molecular flexibility index (Phi) is 5.41. The van der Waals surface area contributed by atoms with Crippen LogP contribution in [0.2, 0.25) is 5.02 Å². The number of sulfonamides is 1. The molecule has 0 unspecified atom stereocenters. The van der Waals surface area contributed by atoms with Crippen molar-refractivity contribution in [3.05, 3.63) is 53.2 Å². The number of methoxy groups -OCH3 is 2. The van der Waals surface area contributed by atoms with E-state index in [1.54, 1.807) is 13.2 Å². The minimum absolute atomic E-state index is 0.0214. The van der Waals surface area contributed by atoms with E-state index in [0.717, 1.165) is 22.2 Å². The zero-order valence-corrected chi connectivity index (χ0v) is 15.9. The van der Waals surface area contributed by atoms with Crippen LogP contribution in [0.1, 0.15) is 5.56 Å². The topological polar surface area (TPSA) is 80.4 Å². The fourth-order valence-electron chi connectivity index (χ4n) is 2.75. The van der Waals surface area contributed by atoms with Crippen LogP contribution in [0, 0.1) is 0 Å². The molecule has 0 aliphatic heterocycles. The van der Waals surface area contributed by atoms with Crippen molar-refractivity contribution >= 4 is 32.5 Å². The maximum atomic E-state index is 12.6. The van der Waals surface area contributed by atoms with Crippen molar-refractivity contribution in [3.8, 4) is 11.5 Å². The second kappa shape index (κ2) is 7.57. The normalized spacial score (nSPS) is 11.7. The Morgan fingerprint density at radius 1 is 1.12 bits per heavy atom. The second-order valence-electron chi connectivity index (χ2n) is 5.67. The quantitative estimate of drug-likeness (QED) is 0.644. The number of ether oxygens (including phenoxy) is 2. The summed E-state index contributed by atoms with van der Waals surface area (Å²) in [4.78, 5) is 3.20. The first-order valence-corrected chi connectivity index (χ1v) is 9.78. The van der Waals surface area contributed by atoms with Crippen LogP contribution in [0.3, 0.4) is 0 Å². The molecule has 26 heavy (non-hydrogen) atoms. The summed E-state index contributed by atoms with van der Waals surface area (Å²) in [5, 5.41) is 1.33. The molecule has 2 N–H and O–H groups in total. The van der Waals surface area contributed by atoms with Gasteiger partial charge in [0.15, 0.2) is 0 Å². The van der Waals surface area contributed by atoms with E-state index in [-0.39, 0.29) is 17.2 Å². The van der Waals surface area contributed by atoms with Crippen LogP contribution in [0.5, 0.6) is 11.5 Å². The van der Waals surface area contributed by atoms with Gasteiger partial charge in [0.25, 0.3) is 0 Å². The predicted molar refractivity (Wildman–Crippen MR) is 102 cm³/mol. The van der Waals surface area contributed by atoms with Gasteiger partial charge in [-0.15, -0.1) is 0 Å². The molecule has 3 aromatic rings. The van der Waals surface area contributed by atoms with Crippen molar-refractivity contribution < 1.29 is 17.9 Å². The third kappa shape index (κ3) is 3.80. The lowest BCUT2D eigenvalue weighted by Crippen LogP contribution is -2.26. The third-order valence-corrected chi connectivity index (χ3v) is 5.79. The van der Waals surface area contributed by atoms with Gasteiger partial charge >= 0.3 is 0 Å². The Morgan fingerprint density at radius 2 is 1.92 bits per heavy atom. The van der Waals surface area contributed by atoms with Crippen LogP contribution >= 0.6 is 11.6 Å². The van der Waals surface area contributed by atoms with Gasteiger partial charge < -0.3 is 14.5 Å². The number of hydrogen-bond donors (Lipinski definition) is 2. The van der Waals surface area contributed by atoms with E-state index in [1.807, 2.05) is 24.4 Å². The van der Waals surface area contributed by atoms with Crippen molar-refractivity contribution in [1.29, 1.82) is 0 Å². The van der Waals surface area contributed by atoms with Crippen LogP contribution in [-0.4, -0.2) is 34.2 Å². The summed E-state index contributed by atoms with van der Waals surface area (Å²) in [5.74, 6) is 1.00. The molecule has 0 radical (unpaired) electrons. The van der Waals surface area contributed by atoms with Gasteiger partial charge in [0, 0.05) is 28.7 Å². The molecule has 138 valence electrons. The Hall–Kier alpha value is -2.22. The second-order valence-corrected chi connectivity index (χ2v) is 7.84. The molecule has 3 rings (SSSR count). The van der Waals surface area contributed by atoms with Crippen LogP contribution in [0.4, 0.5) is 0 Å². The summed E-state index contributed by atoms with van der Waals surface area (Å²) >= 11 is 5.93. The third-order valence-electron chi connectivity index (χ3n) is 4.08. The number of nitrogens with one attached hydrogen (secondary N) is 2. The molecule has 0 amide bonds. The molecular formula is C18H19ClN2O4S. The molecule has 0 aliphatic carbocycles. The van der Waals surface area contributed by atoms with E-state index in [9.17, 15) is 8.42 Å². The Balaban J connectivity index is 1.76. The number of rotatable bonds is 7. The van der Waals surface area contributed by atoms with Gasteiger partial charge in [0.2, 0.25) is 10.0 Å². The van der Waals surface area contributed by atoms with Gasteiger partial charge in [-0.2, -0.15) is 0 Å². The molecule has 0 saturated heterocycles. The lowest BCUT2D eigenvalue weighted by atomic mass is 10.1. The maximum absolute atomic E-state index is 12.6. The van der Waals surface area contributed by atoms with E-state index < -0.39 is 10.0 Å². The zero-order chi connectivity index (χ0) is 18.7. The number of halogens is 1. The van der Waals surface area contributed by atoms with Gasteiger partial charge in [-0.3, -0.25) is 0 Å². The fraction of sp³-hybridized carbons (Fsp3) is 0.222. The maximum Gasteiger partial charge on any atom is 0.244 e. The molecule has 1 aromatic heterocycles.